The van der Waals surface area contributed by atoms with Gasteiger partial charge in [-0.3, -0.25) is 0 Å². The zero-order valence-electron chi connectivity index (χ0n) is 16.2. The van der Waals surface area contributed by atoms with Crippen molar-refractivity contribution in [3.05, 3.63) is 0 Å². The Morgan fingerprint density at radius 3 is 1.60 bits per heavy atom. The monoisotopic (exact) mass is 406 g/mol. The largest absolute Gasteiger partial charge is 0.0888 e. The van der Waals surface area contributed by atoms with Gasteiger partial charge in [-0.15, -0.1) is 0 Å². The Balaban J connectivity index is 1.41. The van der Waals surface area contributed by atoms with Crippen LogP contribution in [0.15, 0.2) is 0 Å². The molecule has 0 aromatic carbocycles. The molecule has 25 heavy (non-hydrogen) atoms. The fraction of sp³-hybridized carbons (Fsp3) is 1.00. The molecule has 0 spiro atoms. The number of alkyl halides is 1. The molecule has 0 amide bonds. The van der Waals surface area contributed by atoms with Gasteiger partial charge in [-0.2, -0.15) is 0 Å². The summed E-state index contributed by atoms with van der Waals surface area (Å²) in [4.78, 5) is 0.849. The van der Waals surface area contributed by atoms with Crippen molar-refractivity contribution in [2.45, 2.75) is 101 Å². The molecule has 5 aliphatic carbocycles. The third-order valence-electron chi connectivity index (χ3n) is 9.73. The highest BCUT2D eigenvalue weighted by Gasteiger charge is 2.51. The normalized spacial score (nSPS) is 53.4. The zero-order chi connectivity index (χ0) is 16.8. The van der Waals surface area contributed by atoms with Crippen molar-refractivity contribution in [2.75, 3.05) is 0 Å². The van der Waals surface area contributed by atoms with Gasteiger partial charge in [0.15, 0.2) is 0 Å². The quantitative estimate of drug-likeness (QED) is 0.393. The van der Waals surface area contributed by atoms with E-state index in [1.807, 2.05) is 0 Å². The Morgan fingerprint density at radius 1 is 0.400 bits per heavy atom. The van der Waals surface area contributed by atoms with E-state index in [0.29, 0.717) is 0 Å². The Bertz CT molecular complexity index is 459. The number of rotatable bonds is 1. The number of hydrogen-bond donors (Lipinski definition) is 0. The summed E-state index contributed by atoms with van der Waals surface area (Å²) >= 11 is 4.11. The second-order valence-electron chi connectivity index (χ2n) is 10.6. The maximum atomic E-state index is 4.11. The molecule has 0 N–H and O–H groups in total. The standard InChI is InChI=1S/C24H39Br/c25-24-14-13-21(19-10-5-6-12-22(19)24)23-15-16-7-1-2-8-17(16)18-9-3-4-11-20(18)23/h16-24H,1-15H2. The van der Waals surface area contributed by atoms with Crippen LogP contribution in [0.25, 0.3) is 0 Å². The van der Waals surface area contributed by atoms with Gasteiger partial charge in [0.1, 0.15) is 0 Å². The van der Waals surface area contributed by atoms with Gasteiger partial charge in [0.05, 0.1) is 0 Å². The summed E-state index contributed by atoms with van der Waals surface area (Å²) in [6.45, 7) is 0. The molecule has 1 heteroatoms. The minimum Gasteiger partial charge on any atom is -0.0888 e. The summed E-state index contributed by atoms with van der Waals surface area (Å²) in [6, 6.07) is 0. The molecule has 5 saturated carbocycles. The summed E-state index contributed by atoms with van der Waals surface area (Å²) in [6.07, 6.45) is 23.4. The van der Waals surface area contributed by atoms with Crippen LogP contribution in [0, 0.1) is 47.3 Å². The van der Waals surface area contributed by atoms with E-state index in [0.717, 1.165) is 52.2 Å². The minimum absolute atomic E-state index is 0.849. The van der Waals surface area contributed by atoms with Gasteiger partial charge in [0, 0.05) is 4.83 Å². The molecule has 5 rings (SSSR count). The molecule has 0 saturated heterocycles. The zero-order valence-corrected chi connectivity index (χ0v) is 17.8. The van der Waals surface area contributed by atoms with Crippen LogP contribution < -0.4 is 0 Å². The molecule has 142 valence electrons. The first kappa shape index (κ1) is 17.6. The topological polar surface area (TPSA) is 0 Å². The summed E-state index contributed by atoms with van der Waals surface area (Å²) in [7, 11) is 0. The average Bonchev–Trinajstić information content (AvgIpc) is 2.68. The maximum absolute atomic E-state index is 4.11. The van der Waals surface area contributed by atoms with Gasteiger partial charge in [-0.1, -0.05) is 60.9 Å². The summed E-state index contributed by atoms with van der Waals surface area (Å²) in [5.41, 5.74) is 0. The second kappa shape index (κ2) is 7.48. The van der Waals surface area contributed by atoms with E-state index in [-0.39, 0.29) is 0 Å². The predicted octanol–water partition coefficient (Wildman–Crippen LogP) is 7.60. The van der Waals surface area contributed by atoms with E-state index in [1.54, 1.807) is 70.6 Å². The van der Waals surface area contributed by atoms with Gasteiger partial charge in [-0.05, 0) is 98.7 Å². The fourth-order valence-electron chi connectivity index (χ4n) is 8.84. The summed E-state index contributed by atoms with van der Waals surface area (Å²) in [5, 5.41) is 0. The van der Waals surface area contributed by atoms with Crippen LogP contribution in [-0.2, 0) is 0 Å². The van der Waals surface area contributed by atoms with E-state index in [9.17, 15) is 0 Å². The third kappa shape index (κ3) is 3.17. The minimum atomic E-state index is 0.849. The molecule has 0 radical (unpaired) electrons. The Kier molecular flexibility index (Phi) is 5.26. The van der Waals surface area contributed by atoms with Crippen LogP contribution in [0.5, 0.6) is 0 Å². The molecule has 9 unspecified atom stereocenters. The van der Waals surface area contributed by atoms with Gasteiger partial charge in [-0.25, -0.2) is 0 Å². The lowest BCUT2D eigenvalue weighted by Crippen LogP contribution is -2.49. The molecular formula is C24H39Br. The molecule has 5 fully saturated rings. The Morgan fingerprint density at radius 2 is 0.880 bits per heavy atom. The fourth-order valence-corrected chi connectivity index (χ4v) is 9.76. The Labute approximate surface area is 164 Å². The first-order chi connectivity index (χ1) is 12.3. The van der Waals surface area contributed by atoms with Gasteiger partial charge >= 0.3 is 0 Å². The molecule has 0 heterocycles. The lowest BCUT2D eigenvalue weighted by molar-refractivity contribution is -0.0659. The molecule has 0 aliphatic heterocycles. The van der Waals surface area contributed by atoms with Crippen LogP contribution >= 0.6 is 15.9 Å². The van der Waals surface area contributed by atoms with Gasteiger partial charge in [0.2, 0.25) is 0 Å². The first-order valence-electron chi connectivity index (χ1n) is 12.0. The highest BCUT2D eigenvalue weighted by Crippen LogP contribution is 2.59. The van der Waals surface area contributed by atoms with Crippen molar-refractivity contribution >= 4 is 15.9 Å². The van der Waals surface area contributed by atoms with Crippen molar-refractivity contribution in [3.63, 3.8) is 0 Å². The predicted molar refractivity (Wildman–Crippen MR) is 110 cm³/mol. The van der Waals surface area contributed by atoms with Crippen LogP contribution in [0.1, 0.15) is 96.3 Å². The molecule has 0 nitrogen and oxygen atoms in total. The highest BCUT2D eigenvalue weighted by molar-refractivity contribution is 9.09. The molecular weight excluding hydrogens is 368 g/mol. The van der Waals surface area contributed by atoms with E-state index in [1.165, 1.54) is 25.7 Å². The molecule has 0 bridgehead atoms. The van der Waals surface area contributed by atoms with E-state index in [2.05, 4.69) is 15.9 Å². The second-order valence-corrected chi connectivity index (χ2v) is 11.8. The summed E-state index contributed by atoms with van der Waals surface area (Å²) < 4.78 is 0. The van der Waals surface area contributed by atoms with Crippen LogP contribution in [-0.4, -0.2) is 4.83 Å². The van der Waals surface area contributed by atoms with Crippen molar-refractivity contribution in [3.8, 4) is 0 Å². The van der Waals surface area contributed by atoms with Crippen molar-refractivity contribution in [2.24, 2.45) is 47.3 Å². The SMILES string of the molecule is BrC1CCC(C2CC3CCCCC3C3CCCCC32)C2CCCCC12. The van der Waals surface area contributed by atoms with E-state index in [4.69, 9.17) is 0 Å². The lowest BCUT2D eigenvalue weighted by Gasteiger charge is -2.57. The number of halogens is 1. The van der Waals surface area contributed by atoms with Gasteiger partial charge in [0.25, 0.3) is 0 Å². The third-order valence-corrected chi connectivity index (χ3v) is 10.9. The molecule has 9 atom stereocenters. The smallest absolute Gasteiger partial charge is 0.0176 e. The van der Waals surface area contributed by atoms with Crippen molar-refractivity contribution in [1.29, 1.82) is 0 Å². The van der Waals surface area contributed by atoms with Crippen LogP contribution in [0.4, 0.5) is 0 Å². The van der Waals surface area contributed by atoms with Crippen LogP contribution in [0.3, 0.4) is 0 Å². The first-order valence-corrected chi connectivity index (χ1v) is 12.9. The molecule has 0 aromatic rings. The molecule has 0 aromatic heterocycles. The molecule has 5 aliphatic rings. The number of fused-ring (bicyclic) bond motifs is 4. The average molecular weight is 407 g/mol. The Hall–Kier alpha value is 0.480. The highest BCUT2D eigenvalue weighted by atomic mass is 79.9. The van der Waals surface area contributed by atoms with Crippen molar-refractivity contribution < 1.29 is 0 Å². The van der Waals surface area contributed by atoms with Crippen LogP contribution in [0.2, 0.25) is 0 Å². The van der Waals surface area contributed by atoms with E-state index < -0.39 is 0 Å². The maximum Gasteiger partial charge on any atom is 0.0176 e. The van der Waals surface area contributed by atoms with Gasteiger partial charge < -0.3 is 0 Å². The van der Waals surface area contributed by atoms with Crippen molar-refractivity contribution in [1.82, 2.24) is 0 Å². The number of hydrogen-bond acceptors (Lipinski definition) is 0. The lowest BCUT2D eigenvalue weighted by atomic mass is 9.49. The summed E-state index contributed by atoms with van der Waals surface area (Å²) in [5.74, 6) is 8.88. The van der Waals surface area contributed by atoms with E-state index >= 15 is 0 Å².